The van der Waals surface area contributed by atoms with Gasteiger partial charge in [-0.05, 0) is 31.9 Å². The molecule has 2 N–H and O–H groups in total. The molecule has 0 spiro atoms. The van der Waals surface area contributed by atoms with Crippen LogP contribution in [0.25, 0.3) is 0 Å². The number of hydrogen-bond donors (Lipinski definition) is 2. The van der Waals surface area contributed by atoms with Crippen molar-refractivity contribution in [2.45, 2.75) is 63.4 Å². The number of hydrogen-bond acceptors (Lipinski definition) is 4. The molecule has 1 fully saturated rings. The minimum absolute atomic E-state index is 0.0242. The second-order valence-corrected chi connectivity index (χ2v) is 7.15. The predicted octanol–water partition coefficient (Wildman–Crippen LogP) is 2.03. The molecule has 21 heavy (non-hydrogen) atoms. The summed E-state index contributed by atoms with van der Waals surface area (Å²) < 4.78 is 1.72. The summed E-state index contributed by atoms with van der Waals surface area (Å²) in [5.74, 6) is 1.15. The predicted molar refractivity (Wildman–Crippen MR) is 85.3 cm³/mol. The fourth-order valence-corrected chi connectivity index (χ4v) is 3.94. The maximum absolute atomic E-state index is 12.0. The molecule has 1 aromatic rings. The van der Waals surface area contributed by atoms with Crippen LogP contribution < -0.4 is 10.6 Å². The van der Waals surface area contributed by atoms with Crippen molar-refractivity contribution in [2.24, 2.45) is 0 Å². The molecular weight excluding hydrogens is 286 g/mol. The third kappa shape index (κ3) is 5.57. The molecule has 1 aliphatic carbocycles. The van der Waals surface area contributed by atoms with Crippen LogP contribution in [0.5, 0.6) is 0 Å². The number of rotatable bonds is 6. The van der Waals surface area contributed by atoms with Crippen LogP contribution in [0.2, 0.25) is 0 Å². The minimum Gasteiger partial charge on any atom is -0.335 e. The highest BCUT2D eigenvalue weighted by Crippen LogP contribution is 2.28. The van der Waals surface area contributed by atoms with Gasteiger partial charge in [0.15, 0.2) is 0 Å². The first kappa shape index (κ1) is 16.1. The molecule has 0 unspecified atom stereocenters. The number of urea groups is 1. The second kappa shape index (κ2) is 8.26. The van der Waals surface area contributed by atoms with Crippen LogP contribution in [0.4, 0.5) is 4.79 Å². The van der Waals surface area contributed by atoms with E-state index in [0.717, 1.165) is 18.6 Å². The van der Waals surface area contributed by atoms with Gasteiger partial charge in [-0.25, -0.2) is 9.78 Å². The molecule has 1 aromatic heterocycles. The first-order chi connectivity index (χ1) is 10.2. The van der Waals surface area contributed by atoms with Crippen LogP contribution in [-0.2, 0) is 6.54 Å². The fourth-order valence-electron chi connectivity index (χ4n) is 2.77. The molecule has 1 aliphatic rings. The van der Waals surface area contributed by atoms with E-state index >= 15 is 0 Å². The number of aromatic nitrogens is 3. The van der Waals surface area contributed by atoms with Crippen molar-refractivity contribution in [3.05, 3.63) is 12.7 Å². The SMILES string of the molecule is CCS[C@H]1CCC[C@@H](NC(=O)N[C@@H](C)Cn2cncn2)C1. The summed E-state index contributed by atoms with van der Waals surface area (Å²) in [7, 11) is 0. The van der Waals surface area contributed by atoms with Gasteiger partial charge in [-0.3, -0.25) is 4.68 Å². The van der Waals surface area contributed by atoms with E-state index in [1.54, 1.807) is 11.0 Å². The maximum atomic E-state index is 12.0. The number of nitrogens with zero attached hydrogens (tertiary/aromatic N) is 3. The Morgan fingerprint density at radius 3 is 3.10 bits per heavy atom. The van der Waals surface area contributed by atoms with Gasteiger partial charge >= 0.3 is 6.03 Å². The number of carbonyl (C=O) groups is 1. The second-order valence-electron chi connectivity index (χ2n) is 5.58. The highest BCUT2D eigenvalue weighted by molar-refractivity contribution is 7.99. The normalized spacial score (nSPS) is 23.5. The average Bonchev–Trinajstić information content (AvgIpc) is 2.91. The maximum Gasteiger partial charge on any atom is 0.315 e. The van der Waals surface area contributed by atoms with Crippen molar-refractivity contribution >= 4 is 17.8 Å². The molecule has 0 bridgehead atoms. The summed E-state index contributed by atoms with van der Waals surface area (Å²) in [6.07, 6.45) is 7.82. The molecule has 3 atom stereocenters. The van der Waals surface area contributed by atoms with E-state index < -0.39 is 0 Å². The molecule has 1 heterocycles. The Hall–Kier alpha value is -1.24. The molecule has 1 saturated carbocycles. The Morgan fingerprint density at radius 1 is 1.52 bits per heavy atom. The van der Waals surface area contributed by atoms with Crippen molar-refractivity contribution in [1.29, 1.82) is 0 Å². The lowest BCUT2D eigenvalue weighted by Gasteiger charge is -2.29. The third-order valence-corrected chi connectivity index (χ3v) is 4.90. The van der Waals surface area contributed by atoms with Gasteiger partial charge in [-0.2, -0.15) is 16.9 Å². The lowest BCUT2D eigenvalue weighted by Crippen LogP contribution is -2.48. The molecule has 7 heteroatoms. The Balaban J connectivity index is 1.71. The van der Waals surface area contributed by atoms with Gasteiger partial charge in [0.25, 0.3) is 0 Å². The van der Waals surface area contributed by atoms with E-state index in [1.165, 1.54) is 19.2 Å². The Bertz CT molecular complexity index is 423. The molecule has 0 saturated heterocycles. The van der Waals surface area contributed by atoms with Crippen molar-refractivity contribution in [1.82, 2.24) is 25.4 Å². The van der Waals surface area contributed by atoms with Gasteiger partial charge in [0.1, 0.15) is 12.7 Å². The lowest BCUT2D eigenvalue weighted by atomic mass is 9.95. The highest BCUT2D eigenvalue weighted by Gasteiger charge is 2.23. The zero-order valence-electron chi connectivity index (χ0n) is 12.8. The molecular formula is C14H25N5OS. The average molecular weight is 311 g/mol. The fraction of sp³-hybridized carbons (Fsp3) is 0.786. The standard InChI is InChI=1S/C14H25N5OS/c1-3-21-13-6-4-5-12(7-13)18-14(20)17-11(2)8-19-10-15-9-16-19/h9-13H,3-8H2,1-2H3,(H2,17,18,20)/t11-,12+,13-/m0/s1. The Morgan fingerprint density at radius 2 is 2.38 bits per heavy atom. The first-order valence-electron chi connectivity index (χ1n) is 7.68. The quantitative estimate of drug-likeness (QED) is 0.843. The molecule has 2 rings (SSSR count). The molecule has 118 valence electrons. The van der Waals surface area contributed by atoms with Crippen LogP contribution in [0.1, 0.15) is 39.5 Å². The van der Waals surface area contributed by atoms with Crippen molar-refractivity contribution in [3.63, 3.8) is 0 Å². The van der Waals surface area contributed by atoms with E-state index in [-0.39, 0.29) is 12.1 Å². The third-order valence-electron chi connectivity index (χ3n) is 3.67. The van der Waals surface area contributed by atoms with Crippen molar-refractivity contribution in [3.8, 4) is 0 Å². The molecule has 2 amide bonds. The van der Waals surface area contributed by atoms with Gasteiger partial charge in [0.05, 0.1) is 6.54 Å². The summed E-state index contributed by atoms with van der Waals surface area (Å²) in [5, 5.41) is 10.8. The Labute approximate surface area is 130 Å². The monoisotopic (exact) mass is 311 g/mol. The topological polar surface area (TPSA) is 71.8 Å². The largest absolute Gasteiger partial charge is 0.335 e. The van der Waals surface area contributed by atoms with E-state index in [2.05, 4.69) is 27.6 Å². The van der Waals surface area contributed by atoms with Crippen LogP contribution >= 0.6 is 11.8 Å². The van der Waals surface area contributed by atoms with Gasteiger partial charge in [0, 0.05) is 17.3 Å². The smallest absolute Gasteiger partial charge is 0.315 e. The Kier molecular flexibility index (Phi) is 6.35. The van der Waals surface area contributed by atoms with E-state index in [0.29, 0.717) is 17.8 Å². The zero-order valence-corrected chi connectivity index (χ0v) is 13.6. The summed E-state index contributed by atoms with van der Waals surface area (Å²) >= 11 is 2.01. The molecule has 0 radical (unpaired) electrons. The number of thioether (sulfide) groups is 1. The minimum atomic E-state index is -0.0743. The van der Waals surface area contributed by atoms with Crippen LogP contribution in [0, 0.1) is 0 Å². The van der Waals surface area contributed by atoms with Crippen LogP contribution in [0.15, 0.2) is 12.7 Å². The summed E-state index contributed by atoms with van der Waals surface area (Å²) in [5.41, 5.74) is 0. The first-order valence-corrected chi connectivity index (χ1v) is 8.73. The molecule has 0 aromatic carbocycles. The highest BCUT2D eigenvalue weighted by atomic mass is 32.2. The van der Waals surface area contributed by atoms with Gasteiger partial charge in [-0.15, -0.1) is 0 Å². The van der Waals surface area contributed by atoms with E-state index in [1.807, 2.05) is 18.7 Å². The van der Waals surface area contributed by atoms with E-state index in [9.17, 15) is 4.79 Å². The van der Waals surface area contributed by atoms with Crippen molar-refractivity contribution in [2.75, 3.05) is 5.75 Å². The van der Waals surface area contributed by atoms with Gasteiger partial charge < -0.3 is 10.6 Å². The summed E-state index contributed by atoms with van der Waals surface area (Å²) in [6, 6.07) is 0.257. The van der Waals surface area contributed by atoms with Crippen molar-refractivity contribution < 1.29 is 4.79 Å². The summed E-state index contributed by atoms with van der Waals surface area (Å²) in [4.78, 5) is 15.9. The lowest BCUT2D eigenvalue weighted by molar-refractivity contribution is 0.228. The van der Waals surface area contributed by atoms with Gasteiger partial charge in [0.2, 0.25) is 0 Å². The van der Waals surface area contributed by atoms with Gasteiger partial charge in [-0.1, -0.05) is 13.3 Å². The summed E-state index contributed by atoms with van der Waals surface area (Å²) in [6.45, 7) is 4.80. The van der Waals surface area contributed by atoms with E-state index in [4.69, 9.17) is 0 Å². The number of nitrogens with one attached hydrogen (secondary N) is 2. The van der Waals surface area contributed by atoms with Crippen LogP contribution in [0.3, 0.4) is 0 Å². The molecule has 6 nitrogen and oxygen atoms in total. The zero-order chi connectivity index (χ0) is 15.1. The van der Waals surface area contributed by atoms with Crippen LogP contribution in [-0.4, -0.2) is 43.9 Å². The molecule has 0 aliphatic heterocycles. The number of carbonyl (C=O) groups excluding carboxylic acids is 1. The number of amides is 2.